The molecule has 0 unspecified atom stereocenters. The summed E-state index contributed by atoms with van der Waals surface area (Å²) in [4.78, 5) is 11.1. The van der Waals surface area contributed by atoms with E-state index in [1.165, 1.54) is 0 Å². The molecular weight excluding hydrogens is 246 g/mol. The van der Waals surface area contributed by atoms with Crippen molar-refractivity contribution in [2.75, 3.05) is 13.2 Å². The smallest absolute Gasteiger partial charge is 0.358 e. The highest BCUT2D eigenvalue weighted by Gasteiger charge is 2.19. The van der Waals surface area contributed by atoms with E-state index in [4.69, 9.17) is 9.84 Å². The van der Waals surface area contributed by atoms with Crippen LogP contribution in [0.15, 0.2) is 0 Å². The monoisotopic (exact) mass is 269 g/mol. The van der Waals surface area contributed by atoms with Gasteiger partial charge in [-0.1, -0.05) is 32.9 Å². The maximum atomic E-state index is 11.1. The first kappa shape index (κ1) is 15.6. The second kappa shape index (κ2) is 7.23. The van der Waals surface area contributed by atoms with E-state index in [1.807, 2.05) is 13.8 Å². The van der Waals surface area contributed by atoms with Crippen molar-refractivity contribution in [1.29, 1.82) is 0 Å². The molecule has 0 aromatic carbocycles. The molecule has 0 atom stereocenters. The van der Waals surface area contributed by atoms with Crippen molar-refractivity contribution in [1.82, 2.24) is 15.0 Å². The molecule has 0 aliphatic heterocycles. The van der Waals surface area contributed by atoms with Crippen LogP contribution in [-0.4, -0.2) is 39.3 Å². The van der Waals surface area contributed by atoms with Crippen LogP contribution in [0.2, 0.25) is 0 Å². The van der Waals surface area contributed by atoms with Crippen LogP contribution in [0.25, 0.3) is 0 Å². The molecule has 0 aliphatic rings. The van der Waals surface area contributed by atoms with E-state index in [2.05, 4.69) is 24.2 Å². The van der Waals surface area contributed by atoms with E-state index in [-0.39, 0.29) is 5.69 Å². The Balaban J connectivity index is 2.68. The molecule has 6 heteroatoms. The van der Waals surface area contributed by atoms with E-state index in [1.54, 1.807) is 4.68 Å². The number of nitrogens with zero attached hydrogens (tertiary/aromatic N) is 3. The molecule has 1 N–H and O–H groups in total. The van der Waals surface area contributed by atoms with Crippen LogP contribution < -0.4 is 0 Å². The topological polar surface area (TPSA) is 77.2 Å². The molecule has 0 saturated heterocycles. The first-order valence-electron chi connectivity index (χ1n) is 6.65. The number of ether oxygens (including phenoxy) is 1. The fourth-order valence-corrected chi connectivity index (χ4v) is 1.74. The summed E-state index contributed by atoms with van der Waals surface area (Å²) in [5.41, 5.74) is 0.730. The van der Waals surface area contributed by atoms with Crippen LogP contribution in [0, 0.1) is 11.8 Å². The molecular formula is C13H23N3O3. The van der Waals surface area contributed by atoms with Gasteiger partial charge in [0, 0.05) is 6.61 Å². The number of hydrogen-bond acceptors (Lipinski definition) is 4. The third-order valence-electron chi connectivity index (χ3n) is 2.54. The number of carboxylic acids is 1. The maximum absolute atomic E-state index is 11.1. The van der Waals surface area contributed by atoms with Crippen molar-refractivity contribution >= 4 is 5.97 Å². The summed E-state index contributed by atoms with van der Waals surface area (Å²) in [7, 11) is 0. The van der Waals surface area contributed by atoms with Gasteiger partial charge in [-0.2, -0.15) is 0 Å². The summed E-state index contributed by atoms with van der Waals surface area (Å²) in [5, 5.41) is 16.7. The molecule has 0 bridgehead atoms. The highest BCUT2D eigenvalue weighted by molar-refractivity contribution is 5.86. The molecule has 1 aromatic heterocycles. The zero-order valence-corrected chi connectivity index (χ0v) is 12.1. The van der Waals surface area contributed by atoms with Gasteiger partial charge in [0.15, 0.2) is 5.69 Å². The molecule has 0 amide bonds. The Morgan fingerprint density at radius 3 is 2.53 bits per heavy atom. The van der Waals surface area contributed by atoms with E-state index in [0.717, 1.165) is 0 Å². The van der Waals surface area contributed by atoms with E-state index in [9.17, 15) is 4.79 Å². The van der Waals surface area contributed by atoms with Gasteiger partial charge in [0.2, 0.25) is 0 Å². The van der Waals surface area contributed by atoms with Gasteiger partial charge in [0.25, 0.3) is 0 Å². The Hall–Kier alpha value is -1.43. The van der Waals surface area contributed by atoms with Crippen molar-refractivity contribution in [3.05, 3.63) is 11.4 Å². The third-order valence-corrected chi connectivity index (χ3v) is 2.54. The standard InChI is InChI=1S/C13H23N3O3/c1-9(2)7-11-12(13(17)18)14-15-16(11)5-6-19-8-10(3)4/h9-10H,5-8H2,1-4H3,(H,17,18). The number of carbonyl (C=O) groups is 1. The lowest BCUT2D eigenvalue weighted by atomic mass is 10.1. The van der Waals surface area contributed by atoms with Crippen molar-refractivity contribution in [2.45, 2.75) is 40.7 Å². The van der Waals surface area contributed by atoms with Crippen molar-refractivity contribution in [3.63, 3.8) is 0 Å². The zero-order valence-electron chi connectivity index (χ0n) is 12.1. The van der Waals surface area contributed by atoms with Gasteiger partial charge in [-0.15, -0.1) is 5.10 Å². The second-order valence-corrected chi connectivity index (χ2v) is 5.48. The minimum Gasteiger partial charge on any atom is -0.476 e. The molecule has 0 fully saturated rings. The van der Waals surface area contributed by atoms with Crippen LogP contribution in [0.1, 0.15) is 43.9 Å². The lowest BCUT2D eigenvalue weighted by molar-refractivity contribution is 0.0688. The molecule has 0 spiro atoms. The first-order chi connectivity index (χ1) is 8.91. The zero-order chi connectivity index (χ0) is 14.4. The number of aromatic nitrogens is 3. The van der Waals surface area contributed by atoms with Crippen LogP contribution in [0.3, 0.4) is 0 Å². The molecule has 1 heterocycles. The lowest BCUT2D eigenvalue weighted by Gasteiger charge is -2.10. The predicted octanol–water partition coefficient (Wildman–Crippen LogP) is 1.85. The van der Waals surface area contributed by atoms with E-state index >= 15 is 0 Å². The summed E-state index contributed by atoms with van der Waals surface area (Å²) in [6, 6.07) is 0. The van der Waals surface area contributed by atoms with Gasteiger partial charge in [-0.05, 0) is 18.3 Å². The normalized spacial score (nSPS) is 11.5. The molecule has 19 heavy (non-hydrogen) atoms. The number of carboxylic acid groups (broad SMARTS) is 1. The fourth-order valence-electron chi connectivity index (χ4n) is 1.74. The number of aromatic carboxylic acids is 1. The maximum Gasteiger partial charge on any atom is 0.358 e. The lowest BCUT2D eigenvalue weighted by Crippen LogP contribution is -2.15. The van der Waals surface area contributed by atoms with Gasteiger partial charge in [-0.25, -0.2) is 9.48 Å². The summed E-state index contributed by atoms with van der Waals surface area (Å²) in [5.74, 6) is -0.183. The average Bonchev–Trinajstić information content (AvgIpc) is 2.66. The highest BCUT2D eigenvalue weighted by atomic mass is 16.5. The molecule has 108 valence electrons. The minimum atomic E-state index is -1.02. The largest absolute Gasteiger partial charge is 0.476 e. The van der Waals surface area contributed by atoms with Crippen molar-refractivity contribution in [3.8, 4) is 0 Å². The van der Waals surface area contributed by atoms with E-state index < -0.39 is 5.97 Å². The van der Waals surface area contributed by atoms with Crippen LogP contribution >= 0.6 is 0 Å². The Bertz CT molecular complexity index is 413. The van der Waals surface area contributed by atoms with Gasteiger partial charge in [0.05, 0.1) is 18.8 Å². The predicted molar refractivity (Wildman–Crippen MR) is 71.2 cm³/mol. The van der Waals surface area contributed by atoms with Crippen molar-refractivity contribution < 1.29 is 14.6 Å². The summed E-state index contributed by atoms with van der Waals surface area (Å²) < 4.78 is 7.14. The quantitative estimate of drug-likeness (QED) is 0.729. The molecule has 6 nitrogen and oxygen atoms in total. The average molecular weight is 269 g/mol. The van der Waals surface area contributed by atoms with Gasteiger partial charge in [-0.3, -0.25) is 0 Å². The van der Waals surface area contributed by atoms with Crippen LogP contribution in [-0.2, 0) is 17.7 Å². The Kier molecular flexibility index (Phi) is 5.95. The fraction of sp³-hybridized carbons (Fsp3) is 0.769. The SMILES string of the molecule is CC(C)COCCn1nnc(C(=O)O)c1CC(C)C. The molecule has 1 rings (SSSR count). The summed E-state index contributed by atoms with van der Waals surface area (Å²) >= 11 is 0. The van der Waals surface area contributed by atoms with Crippen LogP contribution in [0.5, 0.6) is 0 Å². The summed E-state index contributed by atoms with van der Waals surface area (Å²) in [6.45, 7) is 10.0. The van der Waals surface area contributed by atoms with Crippen LogP contribution in [0.4, 0.5) is 0 Å². The van der Waals surface area contributed by atoms with Gasteiger partial charge >= 0.3 is 5.97 Å². The third kappa shape index (κ3) is 4.98. The minimum absolute atomic E-state index is 0.0533. The Morgan fingerprint density at radius 2 is 2.00 bits per heavy atom. The summed E-state index contributed by atoms with van der Waals surface area (Å²) in [6.07, 6.45) is 0.652. The Morgan fingerprint density at radius 1 is 1.32 bits per heavy atom. The molecule has 0 radical (unpaired) electrons. The number of hydrogen-bond donors (Lipinski definition) is 1. The first-order valence-corrected chi connectivity index (χ1v) is 6.65. The van der Waals surface area contributed by atoms with Crippen molar-refractivity contribution in [2.24, 2.45) is 11.8 Å². The molecule has 1 aromatic rings. The van der Waals surface area contributed by atoms with Gasteiger partial charge < -0.3 is 9.84 Å². The Labute approximate surface area is 113 Å². The highest BCUT2D eigenvalue weighted by Crippen LogP contribution is 2.12. The molecule has 0 saturated carbocycles. The molecule has 0 aliphatic carbocycles. The second-order valence-electron chi connectivity index (χ2n) is 5.48. The van der Waals surface area contributed by atoms with Gasteiger partial charge in [0.1, 0.15) is 0 Å². The van der Waals surface area contributed by atoms with E-state index in [0.29, 0.717) is 43.7 Å². The number of rotatable bonds is 8.